The molecule has 1 aromatic heterocycles. The van der Waals surface area contributed by atoms with Crippen molar-refractivity contribution in [3.05, 3.63) is 71.2 Å². The predicted octanol–water partition coefficient (Wildman–Crippen LogP) is 3.65. The second-order valence-electron chi connectivity index (χ2n) is 6.75. The van der Waals surface area contributed by atoms with Crippen LogP contribution in [-0.2, 0) is 11.3 Å². The average molecular weight is 440 g/mol. The third-order valence-corrected chi connectivity index (χ3v) is 6.75. The van der Waals surface area contributed by atoms with Crippen molar-refractivity contribution in [1.82, 2.24) is 15.2 Å². The van der Waals surface area contributed by atoms with Crippen LogP contribution in [0.15, 0.2) is 60.0 Å². The maximum Gasteiger partial charge on any atom is 0.255 e. The van der Waals surface area contributed by atoms with E-state index in [1.54, 1.807) is 59.4 Å². The van der Waals surface area contributed by atoms with Gasteiger partial charge in [0.05, 0.1) is 25.2 Å². The van der Waals surface area contributed by atoms with Gasteiger partial charge in [-0.25, -0.2) is 4.98 Å². The highest BCUT2D eigenvalue weighted by molar-refractivity contribution is 7.99. The number of nitrogens with one attached hydrogen (secondary N) is 1. The fourth-order valence-corrected chi connectivity index (χ4v) is 5.14. The summed E-state index contributed by atoms with van der Waals surface area (Å²) in [7, 11) is 1.58. The molecule has 0 radical (unpaired) electrons. The molecule has 1 atom stereocenters. The van der Waals surface area contributed by atoms with E-state index in [2.05, 4.69) is 10.3 Å². The molecule has 154 valence electrons. The highest BCUT2D eigenvalue weighted by Gasteiger charge is 2.35. The Morgan fingerprint density at radius 1 is 1.17 bits per heavy atom. The lowest BCUT2D eigenvalue weighted by Gasteiger charge is -2.23. The first kappa shape index (κ1) is 20.4. The number of carbonyl (C=O) groups is 2. The number of thioether (sulfide) groups is 1. The van der Waals surface area contributed by atoms with Gasteiger partial charge in [0.25, 0.3) is 5.91 Å². The van der Waals surface area contributed by atoms with Crippen LogP contribution in [0.25, 0.3) is 10.6 Å². The van der Waals surface area contributed by atoms with Crippen molar-refractivity contribution in [2.45, 2.75) is 12.6 Å². The molecule has 0 bridgehead atoms. The van der Waals surface area contributed by atoms with Gasteiger partial charge < -0.3 is 15.0 Å². The van der Waals surface area contributed by atoms with Crippen molar-refractivity contribution in [3.63, 3.8) is 0 Å². The SMILES string of the molecule is COc1ccc(C(=O)N2CSC[C@@H]2C(=O)NCc2csc(-c3ccccc3)n2)cc1. The monoisotopic (exact) mass is 439 g/mol. The number of nitrogens with zero attached hydrogens (tertiary/aromatic N) is 2. The van der Waals surface area contributed by atoms with Gasteiger partial charge in [0.2, 0.25) is 5.91 Å². The summed E-state index contributed by atoms with van der Waals surface area (Å²) in [5.41, 5.74) is 2.41. The van der Waals surface area contributed by atoms with Crippen molar-refractivity contribution in [2.24, 2.45) is 0 Å². The molecule has 1 aliphatic heterocycles. The molecule has 30 heavy (non-hydrogen) atoms. The quantitative estimate of drug-likeness (QED) is 0.635. The van der Waals surface area contributed by atoms with E-state index in [9.17, 15) is 9.59 Å². The van der Waals surface area contributed by atoms with E-state index in [1.807, 2.05) is 35.7 Å². The minimum absolute atomic E-state index is 0.150. The van der Waals surface area contributed by atoms with Gasteiger partial charge in [0.15, 0.2) is 0 Å². The normalized spacial score (nSPS) is 15.8. The first-order chi connectivity index (χ1) is 14.7. The third kappa shape index (κ3) is 4.49. The number of benzene rings is 2. The van der Waals surface area contributed by atoms with Crippen molar-refractivity contribution in [2.75, 3.05) is 18.7 Å². The summed E-state index contributed by atoms with van der Waals surface area (Å²) >= 11 is 3.13. The summed E-state index contributed by atoms with van der Waals surface area (Å²) < 4.78 is 5.14. The molecule has 1 aliphatic rings. The molecule has 8 heteroatoms. The minimum atomic E-state index is -0.489. The molecule has 2 amide bonds. The molecule has 2 heterocycles. The zero-order valence-electron chi connectivity index (χ0n) is 16.4. The Kier molecular flexibility index (Phi) is 6.35. The van der Waals surface area contributed by atoms with Gasteiger partial charge in [-0.15, -0.1) is 23.1 Å². The molecule has 0 saturated carbocycles. The molecule has 2 aromatic carbocycles. The molecule has 0 aliphatic carbocycles. The van der Waals surface area contributed by atoms with Crippen molar-refractivity contribution >= 4 is 34.9 Å². The van der Waals surface area contributed by atoms with Gasteiger partial charge in [-0.1, -0.05) is 30.3 Å². The van der Waals surface area contributed by atoms with Gasteiger partial charge in [-0.3, -0.25) is 9.59 Å². The maximum atomic E-state index is 12.9. The Labute approximate surface area is 183 Å². The number of ether oxygens (including phenoxy) is 1. The number of methoxy groups -OCH3 is 1. The Morgan fingerprint density at radius 3 is 2.67 bits per heavy atom. The largest absolute Gasteiger partial charge is 0.497 e. The van der Waals surface area contributed by atoms with E-state index in [-0.39, 0.29) is 11.8 Å². The number of hydrogen-bond donors (Lipinski definition) is 1. The fraction of sp³-hybridized carbons (Fsp3) is 0.227. The number of hydrogen-bond acceptors (Lipinski definition) is 6. The summed E-state index contributed by atoms with van der Waals surface area (Å²) in [6.45, 7) is 0.341. The molecule has 3 aromatic rings. The Balaban J connectivity index is 1.38. The molecule has 4 rings (SSSR count). The molecule has 6 nitrogen and oxygen atoms in total. The van der Waals surface area contributed by atoms with Crippen LogP contribution in [-0.4, -0.2) is 46.5 Å². The molecular formula is C22H21N3O3S2. The zero-order chi connectivity index (χ0) is 20.9. The molecule has 1 saturated heterocycles. The summed E-state index contributed by atoms with van der Waals surface area (Å²) in [6.07, 6.45) is 0. The Morgan fingerprint density at radius 2 is 1.93 bits per heavy atom. The van der Waals surface area contributed by atoms with E-state index < -0.39 is 6.04 Å². The number of thiazole rings is 1. The summed E-state index contributed by atoms with van der Waals surface area (Å²) in [6, 6.07) is 16.4. The molecule has 1 fully saturated rings. The standard InChI is InChI=1S/C22H21N3O3S2/c1-28-18-9-7-16(8-10-18)22(27)25-14-29-13-19(25)20(26)23-11-17-12-30-21(24-17)15-5-3-2-4-6-15/h2-10,12,19H,11,13-14H2,1H3,(H,23,26)/t19-/m1/s1. The first-order valence-electron chi connectivity index (χ1n) is 9.46. The Hall–Kier alpha value is -2.84. The third-order valence-electron chi connectivity index (χ3n) is 4.80. The van der Waals surface area contributed by atoms with E-state index >= 15 is 0 Å². The fourth-order valence-electron chi connectivity index (χ4n) is 3.16. The van der Waals surface area contributed by atoms with Crippen LogP contribution >= 0.6 is 23.1 Å². The summed E-state index contributed by atoms with van der Waals surface area (Å²) in [5, 5.41) is 5.81. The molecule has 0 spiro atoms. The number of amides is 2. The van der Waals surface area contributed by atoms with Crippen LogP contribution in [0.1, 0.15) is 16.1 Å². The first-order valence-corrected chi connectivity index (χ1v) is 11.5. The van der Waals surface area contributed by atoms with E-state index in [0.717, 1.165) is 16.3 Å². The minimum Gasteiger partial charge on any atom is -0.497 e. The summed E-state index contributed by atoms with van der Waals surface area (Å²) in [5.74, 6) is 1.46. The highest BCUT2D eigenvalue weighted by Crippen LogP contribution is 2.25. The van der Waals surface area contributed by atoms with E-state index in [1.165, 1.54) is 0 Å². The van der Waals surface area contributed by atoms with Crippen LogP contribution < -0.4 is 10.1 Å². The van der Waals surface area contributed by atoms with E-state index in [4.69, 9.17) is 4.74 Å². The number of aromatic nitrogens is 1. The van der Waals surface area contributed by atoms with Crippen LogP contribution in [0.4, 0.5) is 0 Å². The van der Waals surface area contributed by atoms with Crippen LogP contribution in [0.3, 0.4) is 0 Å². The number of rotatable bonds is 6. The van der Waals surface area contributed by atoms with Gasteiger partial charge >= 0.3 is 0 Å². The van der Waals surface area contributed by atoms with Crippen molar-refractivity contribution in [1.29, 1.82) is 0 Å². The average Bonchev–Trinajstić information content (AvgIpc) is 3.48. The van der Waals surface area contributed by atoms with Crippen LogP contribution in [0.5, 0.6) is 5.75 Å². The molecular weight excluding hydrogens is 418 g/mol. The molecule has 0 unspecified atom stereocenters. The van der Waals surface area contributed by atoms with Crippen LogP contribution in [0.2, 0.25) is 0 Å². The lowest BCUT2D eigenvalue weighted by Crippen LogP contribution is -2.47. The lowest BCUT2D eigenvalue weighted by atomic mass is 10.1. The van der Waals surface area contributed by atoms with Crippen molar-refractivity contribution < 1.29 is 14.3 Å². The van der Waals surface area contributed by atoms with Crippen molar-refractivity contribution in [3.8, 4) is 16.3 Å². The second-order valence-corrected chi connectivity index (χ2v) is 8.60. The van der Waals surface area contributed by atoms with Crippen LogP contribution in [0, 0.1) is 0 Å². The number of carbonyl (C=O) groups excluding carboxylic acids is 2. The second kappa shape index (κ2) is 9.32. The molecule has 1 N–H and O–H groups in total. The highest BCUT2D eigenvalue weighted by atomic mass is 32.2. The van der Waals surface area contributed by atoms with Gasteiger partial charge in [0.1, 0.15) is 16.8 Å². The van der Waals surface area contributed by atoms with E-state index in [0.29, 0.717) is 29.5 Å². The van der Waals surface area contributed by atoms with Gasteiger partial charge in [-0.05, 0) is 24.3 Å². The smallest absolute Gasteiger partial charge is 0.255 e. The van der Waals surface area contributed by atoms with Gasteiger partial charge in [0, 0.05) is 22.3 Å². The Bertz CT molecular complexity index is 1020. The zero-order valence-corrected chi connectivity index (χ0v) is 18.0. The lowest BCUT2D eigenvalue weighted by molar-refractivity contribution is -0.124. The van der Waals surface area contributed by atoms with Gasteiger partial charge in [-0.2, -0.15) is 0 Å². The predicted molar refractivity (Wildman–Crippen MR) is 120 cm³/mol. The topological polar surface area (TPSA) is 71.5 Å². The maximum absolute atomic E-state index is 12.9. The summed E-state index contributed by atoms with van der Waals surface area (Å²) in [4.78, 5) is 31.9.